The van der Waals surface area contributed by atoms with Crippen LogP contribution in [0.25, 0.3) is 0 Å². The third kappa shape index (κ3) is 3.26. The Morgan fingerprint density at radius 1 is 1.32 bits per heavy atom. The first-order valence-corrected chi connectivity index (χ1v) is 7.71. The maximum atomic E-state index is 4.66. The van der Waals surface area contributed by atoms with Gasteiger partial charge in [0, 0.05) is 32.1 Å². The fourth-order valence-electron chi connectivity index (χ4n) is 3.29. The van der Waals surface area contributed by atoms with Crippen LogP contribution in [0.4, 0.5) is 5.95 Å². The van der Waals surface area contributed by atoms with E-state index in [0.717, 1.165) is 43.7 Å². The van der Waals surface area contributed by atoms with Crippen LogP contribution < -0.4 is 10.2 Å². The largest absolute Gasteiger partial charge is 0.337 e. The second-order valence-corrected chi connectivity index (χ2v) is 6.07. The van der Waals surface area contributed by atoms with Crippen LogP contribution in [0, 0.1) is 5.92 Å². The van der Waals surface area contributed by atoms with Gasteiger partial charge in [-0.15, -0.1) is 5.10 Å². The molecule has 3 rings (SSSR count). The monoisotopic (exact) mass is 263 g/mol. The highest BCUT2D eigenvalue weighted by molar-refractivity contribution is 5.30. The number of nitrogens with zero attached hydrogens (tertiary/aromatic N) is 3. The molecule has 2 N–H and O–H groups in total. The Balaban J connectivity index is 1.53. The molecule has 2 fully saturated rings. The highest BCUT2D eigenvalue weighted by Crippen LogP contribution is 2.28. The molecule has 2 aliphatic rings. The van der Waals surface area contributed by atoms with Crippen molar-refractivity contribution in [3.05, 3.63) is 5.82 Å². The molecule has 2 heterocycles. The average Bonchev–Trinajstić information content (AvgIpc) is 3.08. The predicted octanol–water partition coefficient (Wildman–Crippen LogP) is 1.73. The maximum absolute atomic E-state index is 4.66. The van der Waals surface area contributed by atoms with Gasteiger partial charge in [-0.25, -0.2) is 0 Å². The van der Waals surface area contributed by atoms with Crippen molar-refractivity contribution in [3.63, 3.8) is 0 Å². The van der Waals surface area contributed by atoms with Crippen molar-refractivity contribution in [2.24, 2.45) is 5.92 Å². The first kappa shape index (κ1) is 12.9. The fraction of sp³-hybridized carbons (Fsp3) is 0.857. The Hall–Kier alpha value is -1.10. The number of aromatic nitrogens is 3. The van der Waals surface area contributed by atoms with Gasteiger partial charge in [-0.05, 0) is 19.3 Å². The molecule has 5 nitrogen and oxygen atoms in total. The molecule has 1 saturated heterocycles. The summed E-state index contributed by atoms with van der Waals surface area (Å²) in [6.07, 6.45) is 7.99. The zero-order valence-corrected chi connectivity index (χ0v) is 11.9. The summed E-state index contributed by atoms with van der Waals surface area (Å²) in [6, 6.07) is 0.522. The van der Waals surface area contributed by atoms with E-state index in [1.807, 2.05) is 0 Å². The number of aryl methyl sites for hydroxylation is 1. The summed E-state index contributed by atoms with van der Waals surface area (Å²) in [7, 11) is 0. The van der Waals surface area contributed by atoms with E-state index >= 15 is 0 Å². The minimum Gasteiger partial charge on any atom is -0.337 e. The Morgan fingerprint density at radius 3 is 2.95 bits per heavy atom. The molecule has 5 heteroatoms. The van der Waals surface area contributed by atoms with Crippen LogP contribution in [-0.2, 0) is 6.42 Å². The van der Waals surface area contributed by atoms with Gasteiger partial charge in [-0.1, -0.05) is 25.7 Å². The molecule has 1 saturated carbocycles. The van der Waals surface area contributed by atoms with Crippen LogP contribution in [0.1, 0.15) is 44.9 Å². The quantitative estimate of drug-likeness (QED) is 0.868. The van der Waals surface area contributed by atoms with Gasteiger partial charge in [-0.2, -0.15) is 4.98 Å². The van der Waals surface area contributed by atoms with E-state index in [-0.39, 0.29) is 0 Å². The molecular formula is C14H25N5. The van der Waals surface area contributed by atoms with Gasteiger partial charge < -0.3 is 10.2 Å². The highest BCUT2D eigenvalue weighted by atomic mass is 15.4. The molecule has 0 aromatic carbocycles. The van der Waals surface area contributed by atoms with Crippen LogP contribution >= 0.6 is 0 Å². The second-order valence-electron chi connectivity index (χ2n) is 6.07. The summed E-state index contributed by atoms with van der Waals surface area (Å²) in [5, 5.41) is 10.9. The van der Waals surface area contributed by atoms with E-state index in [1.54, 1.807) is 0 Å². The lowest BCUT2D eigenvalue weighted by molar-refractivity contribution is 0.479. The zero-order chi connectivity index (χ0) is 13.1. The summed E-state index contributed by atoms with van der Waals surface area (Å²) in [4.78, 5) is 6.94. The lowest BCUT2D eigenvalue weighted by Gasteiger charge is -2.30. The van der Waals surface area contributed by atoms with Crippen LogP contribution in [-0.4, -0.2) is 40.9 Å². The lowest BCUT2D eigenvalue weighted by atomic mass is 10.0. The molecular weight excluding hydrogens is 238 g/mol. The summed E-state index contributed by atoms with van der Waals surface area (Å²) in [5.74, 6) is 2.87. The first-order chi connectivity index (χ1) is 9.31. The summed E-state index contributed by atoms with van der Waals surface area (Å²) in [5.41, 5.74) is 0. The molecule has 19 heavy (non-hydrogen) atoms. The third-order valence-corrected chi connectivity index (χ3v) is 4.44. The van der Waals surface area contributed by atoms with Gasteiger partial charge in [0.05, 0.1) is 0 Å². The van der Waals surface area contributed by atoms with Gasteiger partial charge in [0.25, 0.3) is 0 Å². The number of aromatic amines is 1. The van der Waals surface area contributed by atoms with Crippen molar-refractivity contribution in [3.8, 4) is 0 Å². The molecule has 1 aromatic rings. The Bertz CT molecular complexity index is 396. The van der Waals surface area contributed by atoms with E-state index in [4.69, 9.17) is 0 Å². The summed E-state index contributed by atoms with van der Waals surface area (Å²) < 4.78 is 0. The number of nitrogens with one attached hydrogen (secondary N) is 2. The van der Waals surface area contributed by atoms with Crippen LogP contribution in [0.15, 0.2) is 0 Å². The number of anilines is 1. The van der Waals surface area contributed by atoms with Crippen LogP contribution in [0.2, 0.25) is 0 Å². The molecule has 0 amide bonds. The standard InChI is InChI=1S/C14H25N5/c1-11-10-19(9-8-15-11)14-16-13(17-18-14)7-6-12-4-2-3-5-12/h11-12,15H,2-10H2,1H3,(H,16,17,18)/t11-/m1/s1. The van der Waals surface area contributed by atoms with Crippen molar-refractivity contribution in [2.75, 3.05) is 24.5 Å². The fourth-order valence-corrected chi connectivity index (χ4v) is 3.29. The Kier molecular flexibility index (Phi) is 4.01. The predicted molar refractivity (Wildman–Crippen MR) is 76.3 cm³/mol. The first-order valence-electron chi connectivity index (χ1n) is 7.71. The molecule has 1 aromatic heterocycles. The van der Waals surface area contributed by atoms with Crippen molar-refractivity contribution in [1.29, 1.82) is 0 Å². The minimum atomic E-state index is 0.522. The SMILES string of the molecule is C[C@@H]1CN(c2n[nH]c(CCC3CCCC3)n2)CCN1. The Morgan fingerprint density at radius 2 is 2.16 bits per heavy atom. The number of H-pyrrole nitrogens is 1. The van der Waals surface area contributed by atoms with E-state index in [1.165, 1.54) is 32.1 Å². The van der Waals surface area contributed by atoms with Gasteiger partial charge in [-0.3, -0.25) is 5.10 Å². The normalized spacial score (nSPS) is 25.1. The second kappa shape index (κ2) is 5.90. The average molecular weight is 263 g/mol. The number of hydrogen-bond donors (Lipinski definition) is 2. The molecule has 1 aliphatic carbocycles. The minimum absolute atomic E-state index is 0.522. The lowest BCUT2D eigenvalue weighted by Crippen LogP contribution is -2.49. The van der Waals surface area contributed by atoms with E-state index in [9.17, 15) is 0 Å². The smallest absolute Gasteiger partial charge is 0.244 e. The van der Waals surface area contributed by atoms with Crippen molar-refractivity contribution >= 4 is 5.95 Å². The Labute approximate surface area is 115 Å². The molecule has 106 valence electrons. The van der Waals surface area contributed by atoms with E-state index in [0.29, 0.717) is 6.04 Å². The molecule has 0 radical (unpaired) electrons. The third-order valence-electron chi connectivity index (χ3n) is 4.44. The number of rotatable bonds is 4. The molecule has 1 atom stereocenters. The van der Waals surface area contributed by atoms with E-state index < -0.39 is 0 Å². The summed E-state index contributed by atoms with van der Waals surface area (Å²) >= 11 is 0. The number of hydrogen-bond acceptors (Lipinski definition) is 4. The van der Waals surface area contributed by atoms with Gasteiger partial charge in [0.1, 0.15) is 5.82 Å². The van der Waals surface area contributed by atoms with Gasteiger partial charge in [0.2, 0.25) is 5.95 Å². The van der Waals surface area contributed by atoms with Gasteiger partial charge >= 0.3 is 0 Å². The topological polar surface area (TPSA) is 56.8 Å². The van der Waals surface area contributed by atoms with Gasteiger partial charge in [0.15, 0.2) is 0 Å². The maximum Gasteiger partial charge on any atom is 0.244 e. The molecule has 0 unspecified atom stereocenters. The van der Waals surface area contributed by atoms with Crippen LogP contribution in [0.3, 0.4) is 0 Å². The van der Waals surface area contributed by atoms with Crippen LogP contribution in [0.5, 0.6) is 0 Å². The molecule has 0 spiro atoms. The highest BCUT2D eigenvalue weighted by Gasteiger charge is 2.20. The number of piperazine rings is 1. The molecule has 0 bridgehead atoms. The van der Waals surface area contributed by atoms with Crippen molar-refractivity contribution < 1.29 is 0 Å². The van der Waals surface area contributed by atoms with Crippen molar-refractivity contribution in [2.45, 2.75) is 51.5 Å². The van der Waals surface area contributed by atoms with E-state index in [2.05, 4.69) is 32.3 Å². The van der Waals surface area contributed by atoms with Crippen molar-refractivity contribution in [1.82, 2.24) is 20.5 Å². The summed E-state index contributed by atoms with van der Waals surface area (Å²) in [6.45, 7) is 5.23. The zero-order valence-electron chi connectivity index (χ0n) is 11.9. The molecule has 1 aliphatic heterocycles.